The van der Waals surface area contributed by atoms with Gasteiger partial charge in [0.2, 0.25) is 0 Å². The SMILES string of the molecule is [CH3][Sn]([CH3])([CH3])[c]1ccc2c(c1)-c1ncccc1C2=O. The molecule has 1 aromatic heterocycles. The second kappa shape index (κ2) is 3.92. The molecule has 0 spiro atoms. The zero-order chi connectivity index (χ0) is 12.9. The number of aromatic nitrogens is 1. The van der Waals surface area contributed by atoms with Crippen LogP contribution in [0.15, 0.2) is 36.5 Å². The van der Waals surface area contributed by atoms with Crippen molar-refractivity contribution in [2.24, 2.45) is 0 Å². The van der Waals surface area contributed by atoms with Gasteiger partial charge in [0.1, 0.15) is 0 Å². The van der Waals surface area contributed by atoms with Crippen molar-refractivity contribution >= 4 is 27.7 Å². The molecule has 0 fully saturated rings. The Morgan fingerprint density at radius 1 is 1.00 bits per heavy atom. The van der Waals surface area contributed by atoms with Crippen LogP contribution in [0.3, 0.4) is 0 Å². The molecule has 0 bridgehead atoms. The molecule has 2 aromatic rings. The van der Waals surface area contributed by atoms with Crippen molar-refractivity contribution in [2.45, 2.75) is 14.8 Å². The summed E-state index contributed by atoms with van der Waals surface area (Å²) < 4.78 is 1.44. The van der Waals surface area contributed by atoms with Gasteiger partial charge < -0.3 is 0 Å². The fourth-order valence-corrected chi connectivity index (χ4v) is 5.67. The van der Waals surface area contributed by atoms with Crippen LogP contribution >= 0.6 is 0 Å². The molecule has 1 aliphatic rings. The van der Waals surface area contributed by atoms with Gasteiger partial charge in [0, 0.05) is 0 Å². The van der Waals surface area contributed by atoms with Crippen LogP contribution in [-0.2, 0) is 0 Å². The van der Waals surface area contributed by atoms with Crippen molar-refractivity contribution in [1.29, 1.82) is 0 Å². The van der Waals surface area contributed by atoms with Crippen LogP contribution in [0.1, 0.15) is 15.9 Å². The maximum absolute atomic E-state index is 12.2. The second-order valence-electron chi connectivity index (χ2n) is 5.74. The molecule has 0 saturated carbocycles. The van der Waals surface area contributed by atoms with Gasteiger partial charge in [0.05, 0.1) is 0 Å². The number of rotatable bonds is 1. The summed E-state index contributed by atoms with van der Waals surface area (Å²) in [6, 6.07) is 10.0. The van der Waals surface area contributed by atoms with E-state index in [2.05, 4.69) is 31.9 Å². The first-order chi connectivity index (χ1) is 8.48. The van der Waals surface area contributed by atoms with Crippen LogP contribution < -0.4 is 3.58 Å². The van der Waals surface area contributed by atoms with E-state index in [-0.39, 0.29) is 5.78 Å². The van der Waals surface area contributed by atoms with Crippen molar-refractivity contribution in [3.63, 3.8) is 0 Å². The molecular formula is C15H15NOSn. The maximum atomic E-state index is 12.2. The zero-order valence-electron chi connectivity index (χ0n) is 10.8. The number of carbonyl (C=O) groups is 1. The standard InChI is InChI=1S/C12H6NO.3CH3.Sn/c14-12-9-5-2-1-4-8(9)11-10(12)6-3-7-13-11;;;;/h2-7H;3*1H3;. The quantitative estimate of drug-likeness (QED) is 0.636. The minimum absolute atomic E-state index is 0.115. The number of benzene rings is 1. The van der Waals surface area contributed by atoms with Crippen molar-refractivity contribution in [2.75, 3.05) is 0 Å². The third-order valence-electron chi connectivity index (χ3n) is 3.44. The van der Waals surface area contributed by atoms with Crippen LogP contribution in [-0.4, -0.2) is 29.1 Å². The third-order valence-corrected chi connectivity index (χ3v) is 9.27. The van der Waals surface area contributed by atoms with Crippen LogP contribution in [0, 0.1) is 0 Å². The average Bonchev–Trinajstić information content (AvgIpc) is 2.63. The Kier molecular flexibility index (Phi) is 2.59. The molecule has 0 unspecified atom stereocenters. The number of nitrogens with zero attached hydrogens (tertiary/aromatic N) is 1. The van der Waals surface area contributed by atoms with Crippen LogP contribution in [0.4, 0.5) is 0 Å². The van der Waals surface area contributed by atoms with Gasteiger partial charge in [-0.3, -0.25) is 0 Å². The minimum atomic E-state index is -2.09. The number of fused-ring (bicyclic) bond motifs is 3. The molecule has 0 saturated heterocycles. The Bertz CT molecular complexity index is 656. The summed E-state index contributed by atoms with van der Waals surface area (Å²) in [4.78, 5) is 23.7. The molecule has 90 valence electrons. The number of hydrogen-bond acceptors (Lipinski definition) is 2. The van der Waals surface area contributed by atoms with Gasteiger partial charge in [-0.2, -0.15) is 0 Å². The normalized spacial score (nSPS) is 13.4. The summed E-state index contributed by atoms with van der Waals surface area (Å²) >= 11 is -2.09. The molecule has 0 N–H and O–H groups in total. The molecule has 2 nitrogen and oxygen atoms in total. The van der Waals surface area contributed by atoms with Gasteiger partial charge in [0.25, 0.3) is 0 Å². The fraction of sp³-hybridized carbons (Fsp3) is 0.200. The van der Waals surface area contributed by atoms with Crippen LogP contribution in [0.2, 0.25) is 14.8 Å². The Morgan fingerprint density at radius 3 is 2.50 bits per heavy atom. The Hall–Kier alpha value is -1.16. The number of carbonyl (C=O) groups excluding carboxylic acids is 1. The molecular weight excluding hydrogens is 329 g/mol. The van der Waals surface area contributed by atoms with Gasteiger partial charge in [-0.25, -0.2) is 0 Å². The molecule has 1 aromatic carbocycles. The molecule has 0 atom stereocenters. The Morgan fingerprint density at radius 2 is 1.78 bits per heavy atom. The van der Waals surface area contributed by atoms with Gasteiger partial charge in [-0.15, -0.1) is 0 Å². The second-order valence-corrected chi connectivity index (χ2v) is 20.2. The predicted octanol–water partition coefficient (Wildman–Crippen LogP) is 2.84. The predicted molar refractivity (Wildman–Crippen MR) is 76.1 cm³/mol. The summed E-state index contributed by atoms with van der Waals surface area (Å²) in [5.41, 5.74) is 3.44. The van der Waals surface area contributed by atoms with E-state index in [0.717, 1.165) is 22.4 Å². The van der Waals surface area contributed by atoms with E-state index < -0.39 is 18.4 Å². The molecule has 0 aliphatic heterocycles. The van der Waals surface area contributed by atoms with Crippen LogP contribution in [0.5, 0.6) is 0 Å². The first-order valence-corrected chi connectivity index (χ1v) is 16.1. The Labute approximate surface area is 111 Å². The molecule has 3 heteroatoms. The molecule has 0 amide bonds. The first kappa shape index (κ1) is 11.9. The Balaban J connectivity index is 2.26. The van der Waals surface area contributed by atoms with E-state index in [9.17, 15) is 4.79 Å². The topological polar surface area (TPSA) is 30.0 Å². The van der Waals surface area contributed by atoms with Gasteiger partial charge in [0.15, 0.2) is 0 Å². The number of pyridine rings is 1. The summed E-state index contributed by atoms with van der Waals surface area (Å²) in [5.74, 6) is 0.115. The number of ketones is 1. The van der Waals surface area contributed by atoms with Crippen molar-refractivity contribution < 1.29 is 4.79 Å². The summed E-state index contributed by atoms with van der Waals surface area (Å²) in [6.45, 7) is 0. The first-order valence-electron chi connectivity index (χ1n) is 6.13. The van der Waals surface area contributed by atoms with Crippen LogP contribution in [0.25, 0.3) is 11.3 Å². The molecule has 0 radical (unpaired) electrons. The molecule has 3 rings (SSSR count). The molecule has 1 heterocycles. The summed E-state index contributed by atoms with van der Waals surface area (Å²) in [6.07, 6.45) is 1.76. The van der Waals surface area contributed by atoms with E-state index in [1.807, 2.05) is 18.2 Å². The van der Waals surface area contributed by atoms with Crippen molar-refractivity contribution in [3.8, 4) is 11.3 Å². The zero-order valence-corrected chi connectivity index (χ0v) is 13.7. The van der Waals surface area contributed by atoms with E-state index in [1.54, 1.807) is 6.20 Å². The van der Waals surface area contributed by atoms with Gasteiger partial charge in [-0.1, -0.05) is 0 Å². The van der Waals surface area contributed by atoms with E-state index in [4.69, 9.17) is 0 Å². The average molecular weight is 344 g/mol. The van der Waals surface area contributed by atoms with Crippen molar-refractivity contribution in [1.82, 2.24) is 4.98 Å². The van der Waals surface area contributed by atoms with Gasteiger partial charge in [-0.05, 0) is 0 Å². The third kappa shape index (κ3) is 1.70. The summed E-state index contributed by atoms with van der Waals surface area (Å²) in [5, 5.41) is 0. The summed E-state index contributed by atoms with van der Waals surface area (Å²) in [7, 11) is 0. The molecule has 18 heavy (non-hydrogen) atoms. The van der Waals surface area contributed by atoms with E-state index >= 15 is 0 Å². The van der Waals surface area contributed by atoms with E-state index in [0.29, 0.717) is 0 Å². The fourth-order valence-electron chi connectivity index (χ4n) is 2.35. The number of hydrogen-bond donors (Lipinski definition) is 0. The molecule has 1 aliphatic carbocycles. The van der Waals surface area contributed by atoms with Crippen molar-refractivity contribution in [3.05, 3.63) is 47.7 Å². The monoisotopic (exact) mass is 345 g/mol. The van der Waals surface area contributed by atoms with Gasteiger partial charge >= 0.3 is 111 Å². The van der Waals surface area contributed by atoms with E-state index in [1.165, 1.54) is 3.58 Å².